The number of hydrogen-bond donors (Lipinski definition) is 0. The summed E-state index contributed by atoms with van der Waals surface area (Å²) in [5.41, 5.74) is 3.99. The van der Waals surface area contributed by atoms with Gasteiger partial charge in [0, 0.05) is 0 Å². The van der Waals surface area contributed by atoms with Crippen LogP contribution in [-0.2, 0) is 9.59 Å². The van der Waals surface area contributed by atoms with Crippen molar-refractivity contribution < 1.29 is 9.59 Å². The highest BCUT2D eigenvalue weighted by molar-refractivity contribution is 5.74. The number of aliphatic imine (C=N–C) groups is 2. The molecule has 0 fully saturated rings. The predicted octanol–water partition coefficient (Wildman–Crippen LogP) is 3.60. The van der Waals surface area contributed by atoms with Gasteiger partial charge in [0.05, 0.1) is 11.4 Å². The molecule has 0 radical (unpaired) electrons. The second kappa shape index (κ2) is 5.69. The Morgan fingerprint density at radius 3 is 2.21 bits per heavy atom. The molecule has 4 heteroatoms. The number of carbonyl (C=O) groups excluding carboxylic acids is 2. The fourth-order valence-corrected chi connectivity index (χ4v) is 1.87. The van der Waals surface area contributed by atoms with E-state index < -0.39 is 0 Å². The number of benzene rings is 2. The maximum atomic E-state index is 10.4. The van der Waals surface area contributed by atoms with Crippen molar-refractivity contribution in [3.8, 4) is 11.1 Å². The van der Waals surface area contributed by atoms with Crippen LogP contribution in [0.4, 0.5) is 11.4 Å². The molecular formula is C15H10N2O2. The standard InChI is InChI=1S/C15H10N2O2/c1-11-14(3-2-4-15(11)17-10-19)12-5-7-13(8-6-12)16-9-18/h2-8H,1H3. The summed E-state index contributed by atoms with van der Waals surface area (Å²) in [6, 6.07) is 12.7. The molecule has 0 amide bonds. The van der Waals surface area contributed by atoms with Gasteiger partial charge in [0.2, 0.25) is 12.2 Å². The molecule has 2 rings (SSSR count). The quantitative estimate of drug-likeness (QED) is 0.617. The smallest absolute Gasteiger partial charge is 0.211 e. The van der Waals surface area contributed by atoms with Gasteiger partial charge in [-0.1, -0.05) is 24.3 Å². The third kappa shape index (κ3) is 2.72. The lowest BCUT2D eigenvalue weighted by molar-refractivity contribution is 0.564. The Labute approximate surface area is 110 Å². The van der Waals surface area contributed by atoms with Crippen molar-refractivity contribution in [2.75, 3.05) is 0 Å². The summed E-state index contributed by atoms with van der Waals surface area (Å²) in [4.78, 5) is 27.7. The Balaban J connectivity index is 2.49. The molecule has 4 nitrogen and oxygen atoms in total. The number of nitrogens with zero attached hydrogens (tertiary/aromatic N) is 2. The van der Waals surface area contributed by atoms with Gasteiger partial charge in [-0.05, 0) is 41.8 Å². The molecule has 19 heavy (non-hydrogen) atoms. The molecule has 0 saturated heterocycles. The first-order valence-corrected chi connectivity index (χ1v) is 5.62. The van der Waals surface area contributed by atoms with Crippen LogP contribution in [0.2, 0.25) is 0 Å². The lowest BCUT2D eigenvalue weighted by atomic mass is 9.99. The molecule has 2 aromatic carbocycles. The lowest BCUT2D eigenvalue weighted by Gasteiger charge is -2.07. The normalized spacial score (nSPS) is 9.32. The molecule has 92 valence electrons. The molecule has 0 N–H and O–H groups in total. The van der Waals surface area contributed by atoms with E-state index >= 15 is 0 Å². The van der Waals surface area contributed by atoms with Crippen LogP contribution in [0, 0.1) is 6.92 Å². The highest BCUT2D eigenvalue weighted by Gasteiger charge is 2.05. The minimum absolute atomic E-state index is 0.554. The second-order valence-electron chi connectivity index (χ2n) is 3.90. The van der Waals surface area contributed by atoms with Crippen molar-refractivity contribution in [3.63, 3.8) is 0 Å². The topological polar surface area (TPSA) is 58.9 Å². The van der Waals surface area contributed by atoms with Crippen LogP contribution in [0.15, 0.2) is 52.4 Å². The number of hydrogen-bond acceptors (Lipinski definition) is 4. The molecule has 0 unspecified atom stereocenters. The average Bonchev–Trinajstić information content (AvgIpc) is 2.43. The van der Waals surface area contributed by atoms with Crippen LogP contribution in [0.25, 0.3) is 11.1 Å². The first kappa shape index (κ1) is 12.7. The zero-order valence-electron chi connectivity index (χ0n) is 10.3. The van der Waals surface area contributed by atoms with Crippen molar-refractivity contribution in [2.45, 2.75) is 6.92 Å². The van der Waals surface area contributed by atoms with E-state index in [1.54, 1.807) is 24.3 Å². The summed E-state index contributed by atoms with van der Waals surface area (Å²) < 4.78 is 0. The maximum absolute atomic E-state index is 10.4. The number of rotatable bonds is 3. The van der Waals surface area contributed by atoms with E-state index in [4.69, 9.17) is 0 Å². The summed E-state index contributed by atoms with van der Waals surface area (Å²) in [7, 11) is 0. The molecule has 2 aromatic rings. The Kier molecular flexibility index (Phi) is 3.79. The molecule has 0 heterocycles. The van der Waals surface area contributed by atoms with E-state index in [1.807, 2.05) is 31.2 Å². The molecule has 0 aliphatic rings. The predicted molar refractivity (Wildman–Crippen MR) is 72.2 cm³/mol. The van der Waals surface area contributed by atoms with Gasteiger partial charge in [-0.25, -0.2) is 9.59 Å². The Morgan fingerprint density at radius 2 is 1.58 bits per heavy atom. The second-order valence-corrected chi connectivity index (χ2v) is 3.90. The van der Waals surface area contributed by atoms with Gasteiger partial charge in [0.1, 0.15) is 0 Å². The van der Waals surface area contributed by atoms with Crippen LogP contribution >= 0.6 is 0 Å². The van der Waals surface area contributed by atoms with Gasteiger partial charge >= 0.3 is 0 Å². The molecule has 0 aliphatic heterocycles. The minimum Gasteiger partial charge on any atom is -0.211 e. The van der Waals surface area contributed by atoms with E-state index in [9.17, 15) is 9.59 Å². The van der Waals surface area contributed by atoms with E-state index in [-0.39, 0.29) is 0 Å². The minimum atomic E-state index is 0.554. The van der Waals surface area contributed by atoms with Crippen LogP contribution in [0.1, 0.15) is 5.56 Å². The van der Waals surface area contributed by atoms with Crippen LogP contribution < -0.4 is 0 Å². The summed E-state index contributed by atoms with van der Waals surface area (Å²) in [5.74, 6) is 0. The highest BCUT2D eigenvalue weighted by atomic mass is 16.1. The third-order valence-corrected chi connectivity index (χ3v) is 2.82. The summed E-state index contributed by atoms with van der Waals surface area (Å²) >= 11 is 0. The lowest BCUT2D eigenvalue weighted by Crippen LogP contribution is -1.83. The van der Waals surface area contributed by atoms with E-state index in [0.29, 0.717) is 11.4 Å². The van der Waals surface area contributed by atoms with Gasteiger partial charge < -0.3 is 0 Å². The van der Waals surface area contributed by atoms with Crippen molar-refractivity contribution in [3.05, 3.63) is 48.0 Å². The maximum Gasteiger partial charge on any atom is 0.240 e. The van der Waals surface area contributed by atoms with Crippen molar-refractivity contribution in [2.24, 2.45) is 9.98 Å². The Bertz CT molecular complexity index is 693. The fourth-order valence-electron chi connectivity index (χ4n) is 1.87. The highest BCUT2D eigenvalue weighted by Crippen LogP contribution is 2.30. The average molecular weight is 250 g/mol. The van der Waals surface area contributed by atoms with Gasteiger partial charge in [0.25, 0.3) is 0 Å². The fraction of sp³-hybridized carbons (Fsp3) is 0.0667. The van der Waals surface area contributed by atoms with Gasteiger partial charge in [-0.3, -0.25) is 0 Å². The first-order valence-electron chi connectivity index (χ1n) is 5.62. The molecule has 0 spiro atoms. The van der Waals surface area contributed by atoms with E-state index in [0.717, 1.165) is 16.7 Å². The Hall–Kier alpha value is -2.80. The number of isocyanates is 2. The van der Waals surface area contributed by atoms with Gasteiger partial charge in [0.15, 0.2) is 0 Å². The van der Waals surface area contributed by atoms with Crippen LogP contribution in [0.3, 0.4) is 0 Å². The summed E-state index contributed by atoms with van der Waals surface area (Å²) in [6.07, 6.45) is 3.04. The molecule has 0 saturated carbocycles. The summed E-state index contributed by atoms with van der Waals surface area (Å²) in [5, 5.41) is 0. The van der Waals surface area contributed by atoms with E-state index in [1.165, 1.54) is 6.08 Å². The Morgan fingerprint density at radius 1 is 0.895 bits per heavy atom. The van der Waals surface area contributed by atoms with Crippen LogP contribution in [-0.4, -0.2) is 12.2 Å². The molecule has 0 aromatic heterocycles. The largest absolute Gasteiger partial charge is 0.240 e. The SMILES string of the molecule is Cc1c(N=C=O)cccc1-c1ccc(N=C=O)cc1. The zero-order chi connectivity index (χ0) is 13.7. The van der Waals surface area contributed by atoms with Gasteiger partial charge in [-0.2, -0.15) is 9.98 Å². The van der Waals surface area contributed by atoms with Crippen molar-refractivity contribution in [1.29, 1.82) is 0 Å². The molecular weight excluding hydrogens is 240 g/mol. The zero-order valence-corrected chi connectivity index (χ0v) is 10.3. The van der Waals surface area contributed by atoms with Crippen molar-refractivity contribution in [1.82, 2.24) is 0 Å². The van der Waals surface area contributed by atoms with Crippen molar-refractivity contribution >= 4 is 23.5 Å². The first-order chi connectivity index (χ1) is 9.26. The molecule has 0 atom stereocenters. The third-order valence-electron chi connectivity index (χ3n) is 2.82. The summed E-state index contributed by atoms with van der Waals surface area (Å²) in [6.45, 7) is 1.89. The van der Waals surface area contributed by atoms with E-state index in [2.05, 4.69) is 9.98 Å². The molecule has 0 aliphatic carbocycles. The van der Waals surface area contributed by atoms with Gasteiger partial charge in [-0.15, -0.1) is 0 Å². The van der Waals surface area contributed by atoms with Crippen LogP contribution in [0.5, 0.6) is 0 Å². The molecule has 0 bridgehead atoms. The monoisotopic (exact) mass is 250 g/mol.